The number of aliphatic hydroxyl groups is 1. The average Bonchev–Trinajstić information content (AvgIpc) is 2.44. The van der Waals surface area contributed by atoms with Gasteiger partial charge in [0.1, 0.15) is 5.82 Å². The van der Waals surface area contributed by atoms with Crippen molar-refractivity contribution in [1.82, 2.24) is 10.2 Å². The summed E-state index contributed by atoms with van der Waals surface area (Å²) in [6.07, 6.45) is 1.53. The van der Waals surface area contributed by atoms with E-state index in [0.29, 0.717) is 0 Å². The van der Waals surface area contributed by atoms with Crippen LogP contribution in [0.3, 0.4) is 0 Å². The van der Waals surface area contributed by atoms with Crippen LogP contribution in [0.25, 0.3) is 0 Å². The number of halogens is 1. The second-order valence-electron chi connectivity index (χ2n) is 4.05. The van der Waals surface area contributed by atoms with Gasteiger partial charge in [-0.2, -0.15) is 0 Å². The van der Waals surface area contributed by atoms with Crippen molar-refractivity contribution in [1.29, 1.82) is 0 Å². The molecule has 5 nitrogen and oxygen atoms in total. The summed E-state index contributed by atoms with van der Waals surface area (Å²) in [6.45, 7) is 3.58. The maximum Gasteiger partial charge on any atom is 0.251 e. The largest absolute Gasteiger partial charge is 0.395 e. The molecule has 6 heteroatoms. The predicted molar refractivity (Wildman–Crippen MR) is 72.6 cm³/mol. The third-order valence-electron chi connectivity index (χ3n) is 2.56. The molecule has 108 valence electrons. The van der Waals surface area contributed by atoms with E-state index >= 15 is 0 Å². The van der Waals surface area contributed by atoms with E-state index in [1.807, 2.05) is 0 Å². The van der Waals surface area contributed by atoms with Crippen molar-refractivity contribution in [3.63, 3.8) is 0 Å². The number of nitrogens with zero attached hydrogens (tertiary/aromatic N) is 1. The van der Waals surface area contributed by atoms with Gasteiger partial charge in [0.05, 0.1) is 13.2 Å². The topological polar surface area (TPSA) is 69.6 Å². The highest BCUT2D eigenvalue weighted by atomic mass is 19.1. The van der Waals surface area contributed by atoms with Crippen LogP contribution in [0.15, 0.2) is 36.9 Å². The van der Waals surface area contributed by atoms with Gasteiger partial charge in [0.25, 0.3) is 5.91 Å². The lowest BCUT2D eigenvalue weighted by Gasteiger charge is -2.20. The first-order valence-corrected chi connectivity index (χ1v) is 6.11. The summed E-state index contributed by atoms with van der Waals surface area (Å²) in [6, 6.07) is 5.20. The monoisotopic (exact) mass is 280 g/mol. The molecule has 0 aliphatic rings. The molecule has 0 radical (unpaired) electrons. The predicted octanol–water partition coefficient (Wildman–Crippen LogP) is 0.562. The van der Waals surface area contributed by atoms with Crippen LogP contribution in [0.4, 0.5) is 4.39 Å². The summed E-state index contributed by atoms with van der Waals surface area (Å²) in [5, 5.41) is 11.3. The minimum absolute atomic E-state index is 0.148. The molecule has 0 unspecified atom stereocenters. The van der Waals surface area contributed by atoms with Crippen molar-refractivity contribution in [2.24, 2.45) is 0 Å². The third kappa shape index (κ3) is 4.81. The summed E-state index contributed by atoms with van der Waals surface area (Å²) in [4.78, 5) is 24.9. The highest BCUT2D eigenvalue weighted by Gasteiger charge is 2.13. The van der Waals surface area contributed by atoms with Gasteiger partial charge in [-0.05, 0) is 18.2 Å². The van der Waals surface area contributed by atoms with Crippen LogP contribution >= 0.6 is 0 Å². The zero-order valence-corrected chi connectivity index (χ0v) is 11.0. The molecular weight excluding hydrogens is 263 g/mol. The molecular formula is C14H17FN2O3. The van der Waals surface area contributed by atoms with Gasteiger partial charge in [0, 0.05) is 18.7 Å². The summed E-state index contributed by atoms with van der Waals surface area (Å²) in [5.74, 6) is -1.39. The molecule has 0 heterocycles. The first-order chi connectivity index (χ1) is 9.58. The zero-order chi connectivity index (χ0) is 15.0. The maximum absolute atomic E-state index is 13.0. The van der Waals surface area contributed by atoms with Crippen LogP contribution in [0.1, 0.15) is 10.4 Å². The molecule has 20 heavy (non-hydrogen) atoms. The Balaban J connectivity index is 2.55. The average molecular weight is 280 g/mol. The molecule has 0 fully saturated rings. The van der Waals surface area contributed by atoms with Gasteiger partial charge >= 0.3 is 0 Å². The number of rotatable bonds is 7. The van der Waals surface area contributed by atoms with Crippen molar-refractivity contribution < 1.29 is 19.1 Å². The van der Waals surface area contributed by atoms with Gasteiger partial charge < -0.3 is 15.3 Å². The first-order valence-electron chi connectivity index (χ1n) is 6.11. The minimum atomic E-state index is -0.527. The Hall–Kier alpha value is -2.21. The third-order valence-corrected chi connectivity index (χ3v) is 2.56. The van der Waals surface area contributed by atoms with Crippen LogP contribution in [0.2, 0.25) is 0 Å². The highest BCUT2D eigenvalue weighted by molar-refractivity contribution is 5.96. The number of aliphatic hydroxyl groups excluding tert-OH is 1. The van der Waals surface area contributed by atoms with Gasteiger partial charge in [-0.25, -0.2) is 4.39 Å². The second kappa shape index (κ2) is 8.06. The van der Waals surface area contributed by atoms with Crippen molar-refractivity contribution in [3.8, 4) is 0 Å². The van der Waals surface area contributed by atoms with Crippen LogP contribution in [-0.2, 0) is 4.79 Å². The number of nitrogens with one attached hydrogen (secondary N) is 1. The fourth-order valence-electron chi connectivity index (χ4n) is 1.59. The molecule has 0 saturated heterocycles. The van der Waals surface area contributed by atoms with E-state index in [1.54, 1.807) is 0 Å². The lowest BCUT2D eigenvalue weighted by atomic mass is 10.2. The van der Waals surface area contributed by atoms with E-state index in [1.165, 1.54) is 29.2 Å². The van der Waals surface area contributed by atoms with Crippen LogP contribution in [0, 0.1) is 5.82 Å². The molecule has 0 bridgehead atoms. The lowest BCUT2D eigenvalue weighted by Crippen LogP contribution is -2.41. The summed E-state index contributed by atoms with van der Waals surface area (Å²) >= 11 is 0. The van der Waals surface area contributed by atoms with E-state index in [2.05, 4.69) is 11.9 Å². The fourth-order valence-corrected chi connectivity index (χ4v) is 1.59. The molecule has 2 N–H and O–H groups in total. The van der Waals surface area contributed by atoms with Crippen molar-refractivity contribution in [2.45, 2.75) is 0 Å². The van der Waals surface area contributed by atoms with Gasteiger partial charge in [0.15, 0.2) is 0 Å². The molecule has 2 amide bonds. The van der Waals surface area contributed by atoms with Crippen LogP contribution in [0.5, 0.6) is 0 Å². The lowest BCUT2D eigenvalue weighted by molar-refractivity contribution is -0.130. The molecule has 1 aromatic carbocycles. The standard InChI is InChI=1S/C14H17FN2O3/c1-2-6-17(7-8-18)13(19)10-16-14(20)11-4-3-5-12(15)9-11/h2-5,9,18H,1,6-8,10H2,(H,16,20). The van der Waals surface area contributed by atoms with Gasteiger partial charge in [-0.3, -0.25) is 9.59 Å². The van der Waals surface area contributed by atoms with E-state index in [4.69, 9.17) is 5.11 Å². The van der Waals surface area contributed by atoms with E-state index in [0.717, 1.165) is 6.07 Å². The maximum atomic E-state index is 13.0. The minimum Gasteiger partial charge on any atom is -0.395 e. The van der Waals surface area contributed by atoms with Crippen LogP contribution in [-0.4, -0.2) is 48.1 Å². The van der Waals surface area contributed by atoms with Gasteiger partial charge in [0.2, 0.25) is 5.91 Å². The number of hydrogen-bond acceptors (Lipinski definition) is 3. The molecule has 0 aromatic heterocycles. The Labute approximate surface area is 116 Å². The Morgan fingerprint density at radius 1 is 1.45 bits per heavy atom. The summed E-state index contributed by atoms with van der Waals surface area (Å²) < 4.78 is 13.0. The number of benzene rings is 1. The Morgan fingerprint density at radius 3 is 2.80 bits per heavy atom. The zero-order valence-electron chi connectivity index (χ0n) is 11.0. The van der Waals surface area contributed by atoms with Crippen molar-refractivity contribution >= 4 is 11.8 Å². The van der Waals surface area contributed by atoms with Gasteiger partial charge in [-0.15, -0.1) is 6.58 Å². The highest BCUT2D eigenvalue weighted by Crippen LogP contribution is 2.03. The second-order valence-corrected chi connectivity index (χ2v) is 4.05. The van der Waals surface area contributed by atoms with Crippen molar-refractivity contribution in [2.75, 3.05) is 26.2 Å². The molecule has 1 rings (SSSR count). The number of carbonyl (C=O) groups excluding carboxylic acids is 2. The molecule has 0 spiro atoms. The molecule has 1 aromatic rings. The Morgan fingerprint density at radius 2 is 2.20 bits per heavy atom. The quantitative estimate of drug-likeness (QED) is 0.717. The van der Waals surface area contributed by atoms with Gasteiger partial charge in [-0.1, -0.05) is 12.1 Å². The Kier molecular flexibility index (Phi) is 6.39. The van der Waals surface area contributed by atoms with Crippen LogP contribution < -0.4 is 5.32 Å². The Bertz CT molecular complexity index is 491. The molecule has 0 aliphatic carbocycles. The van der Waals surface area contributed by atoms with Crippen molar-refractivity contribution in [3.05, 3.63) is 48.3 Å². The summed E-state index contributed by atoms with van der Waals surface area (Å²) in [5.41, 5.74) is 0.148. The number of hydrogen-bond donors (Lipinski definition) is 2. The normalized spacial score (nSPS) is 9.90. The van der Waals surface area contributed by atoms with E-state index in [9.17, 15) is 14.0 Å². The van der Waals surface area contributed by atoms with E-state index in [-0.39, 0.29) is 37.7 Å². The number of amides is 2. The van der Waals surface area contributed by atoms with E-state index < -0.39 is 11.7 Å². The molecule has 0 aliphatic heterocycles. The SMILES string of the molecule is C=CCN(CCO)C(=O)CNC(=O)c1cccc(F)c1. The summed E-state index contributed by atoms with van der Waals surface area (Å²) in [7, 11) is 0. The molecule has 0 saturated carbocycles. The molecule has 0 atom stereocenters. The first kappa shape index (κ1) is 15.8. The smallest absolute Gasteiger partial charge is 0.251 e. The number of carbonyl (C=O) groups is 2. The fraction of sp³-hybridized carbons (Fsp3) is 0.286.